The first-order chi connectivity index (χ1) is 10.2. The van der Waals surface area contributed by atoms with Gasteiger partial charge in [-0.2, -0.15) is 5.10 Å². The van der Waals surface area contributed by atoms with Gasteiger partial charge in [0, 0.05) is 20.1 Å². The van der Waals surface area contributed by atoms with Crippen molar-refractivity contribution in [1.82, 2.24) is 24.2 Å². The molecule has 1 saturated heterocycles. The number of hydrogen-bond donors (Lipinski definition) is 0. The summed E-state index contributed by atoms with van der Waals surface area (Å²) in [4.78, 5) is 7.25. The molecule has 1 atom stereocenters. The molecule has 21 heavy (non-hydrogen) atoms. The SMILES string of the molecule is CCc1nn(C)c2c1nc(CCl)n2CC1CCN(CC)C1. The molecule has 116 valence electrons. The molecule has 1 fully saturated rings. The van der Waals surface area contributed by atoms with Crippen molar-refractivity contribution in [3.8, 4) is 0 Å². The van der Waals surface area contributed by atoms with Crippen molar-refractivity contribution in [3.63, 3.8) is 0 Å². The van der Waals surface area contributed by atoms with E-state index in [9.17, 15) is 0 Å². The Bertz CT molecular complexity index is 630. The summed E-state index contributed by atoms with van der Waals surface area (Å²) in [5, 5.41) is 4.59. The number of imidazole rings is 1. The van der Waals surface area contributed by atoms with E-state index in [1.807, 2.05) is 11.7 Å². The van der Waals surface area contributed by atoms with Crippen molar-refractivity contribution in [2.75, 3.05) is 19.6 Å². The maximum Gasteiger partial charge on any atom is 0.158 e. The van der Waals surface area contributed by atoms with Crippen molar-refractivity contribution >= 4 is 22.8 Å². The zero-order valence-corrected chi connectivity index (χ0v) is 13.9. The number of nitrogens with zero attached hydrogens (tertiary/aromatic N) is 5. The number of rotatable bonds is 5. The van der Waals surface area contributed by atoms with Gasteiger partial charge in [0.1, 0.15) is 11.3 Å². The smallest absolute Gasteiger partial charge is 0.158 e. The minimum absolute atomic E-state index is 0.460. The van der Waals surface area contributed by atoms with E-state index in [0.717, 1.165) is 42.2 Å². The Hall–Kier alpha value is -1.07. The van der Waals surface area contributed by atoms with Gasteiger partial charge >= 0.3 is 0 Å². The van der Waals surface area contributed by atoms with Crippen molar-refractivity contribution in [1.29, 1.82) is 0 Å². The zero-order valence-electron chi connectivity index (χ0n) is 13.1. The van der Waals surface area contributed by atoms with Gasteiger partial charge in [-0.25, -0.2) is 4.98 Å². The van der Waals surface area contributed by atoms with Crippen LogP contribution in [0, 0.1) is 5.92 Å². The summed E-state index contributed by atoms with van der Waals surface area (Å²) in [7, 11) is 2.00. The van der Waals surface area contributed by atoms with Crippen LogP contribution in [0.4, 0.5) is 0 Å². The fourth-order valence-electron chi connectivity index (χ4n) is 3.43. The van der Waals surface area contributed by atoms with E-state index in [0.29, 0.717) is 11.8 Å². The summed E-state index contributed by atoms with van der Waals surface area (Å²) < 4.78 is 4.25. The molecule has 2 aromatic heterocycles. The molecular formula is C15H24ClN5. The molecule has 1 aliphatic heterocycles. The number of likely N-dealkylation sites (tertiary alicyclic amines) is 1. The van der Waals surface area contributed by atoms with Crippen molar-refractivity contribution in [3.05, 3.63) is 11.5 Å². The van der Waals surface area contributed by atoms with Crippen LogP contribution < -0.4 is 0 Å². The van der Waals surface area contributed by atoms with Gasteiger partial charge in [0.25, 0.3) is 0 Å². The maximum absolute atomic E-state index is 6.13. The molecule has 5 nitrogen and oxygen atoms in total. The number of fused-ring (bicyclic) bond motifs is 1. The first-order valence-electron chi connectivity index (χ1n) is 7.87. The van der Waals surface area contributed by atoms with Crippen LogP contribution in [-0.4, -0.2) is 43.9 Å². The lowest BCUT2D eigenvalue weighted by molar-refractivity contribution is 0.332. The van der Waals surface area contributed by atoms with Gasteiger partial charge in [0.2, 0.25) is 0 Å². The molecular weight excluding hydrogens is 286 g/mol. The van der Waals surface area contributed by atoms with Gasteiger partial charge in [0.15, 0.2) is 5.65 Å². The van der Waals surface area contributed by atoms with Crippen LogP contribution in [0.5, 0.6) is 0 Å². The Balaban J connectivity index is 1.95. The first kappa shape index (κ1) is 14.9. The Morgan fingerprint density at radius 1 is 1.33 bits per heavy atom. The molecule has 6 heteroatoms. The minimum Gasteiger partial charge on any atom is -0.312 e. The third-order valence-corrected chi connectivity index (χ3v) is 4.82. The van der Waals surface area contributed by atoms with Crippen LogP contribution in [0.15, 0.2) is 0 Å². The van der Waals surface area contributed by atoms with Crippen LogP contribution in [0.3, 0.4) is 0 Å². The molecule has 0 amide bonds. The number of aryl methyl sites for hydroxylation is 2. The second kappa shape index (κ2) is 5.97. The molecule has 0 aromatic carbocycles. The van der Waals surface area contributed by atoms with E-state index in [1.54, 1.807) is 0 Å². The number of aromatic nitrogens is 4. The van der Waals surface area contributed by atoms with Crippen LogP contribution in [-0.2, 0) is 25.9 Å². The standard InChI is InChI=1S/C15H24ClN5/c1-4-12-14-15(19(3)18-12)21(13(8-16)17-14)10-11-6-7-20(5-2)9-11/h11H,4-10H2,1-3H3. The summed E-state index contributed by atoms with van der Waals surface area (Å²) in [6, 6.07) is 0. The second-order valence-electron chi connectivity index (χ2n) is 5.92. The highest BCUT2D eigenvalue weighted by Crippen LogP contribution is 2.25. The summed E-state index contributed by atoms with van der Waals surface area (Å²) in [5.74, 6) is 2.12. The van der Waals surface area contributed by atoms with Gasteiger partial charge in [-0.05, 0) is 31.8 Å². The first-order valence-corrected chi connectivity index (χ1v) is 8.40. The minimum atomic E-state index is 0.460. The molecule has 0 bridgehead atoms. The molecule has 0 spiro atoms. The van der Waals surface area contributed by atoms with Crippen LogP contribution >= 0.6 is 11.6 Å². The van der Waals surface area contributed by atoms with Gasteiger partial charge in [0.05, 0.1) is 11.6 Å². The fraction of sp³-hybridized carbons (Fsp3) is 0.733. The predicted octanol–water partition coefficient (Wildman–Crippen LogP) is 2.41. The predicted molar refractivity (Wildman–Crippen MR) is 85.7 cm³/mol. The zero-order chi connectivity index (χ0) is 15.0. The lowest BCUT2D eigenvalue weighted by Gasteiger charge is -2.15. The second-order valence-corrected chi connectivity index (χ2v) is 6.18. The summed E-state index contributed by atoms with van der Waals surface area (Å²) >= 11 is 6.13. The van der Waals surface area contributed by atoms with Crippen molar-refractivity contribution < 1.29 is 0 Å². The van der Waals surface area contributed by atoms with Crippen LogP contribution in [0.1, 0.15) is 31.8 Å². The van der Waals surface area contributed by atoms with Crippen molar-refractivity contribution in [2.24, 2.45) is 13.0 Å². The molecule has 3 heterocycles. The molecule has 2 aromatic rings. The third kappa shape index (κ3) is 2.57. The van der Waals surface area contributed by atoms with Crippen LogP contribution in [0.25, 0.3) is 11.2 Å². The molecule has 0 saturated carbocycles. The van der Waals surface area contributed by atoms with E-state index in [1.165, 1.54) is 19.5 Å². The maximum atomic E-state index is 6.13. The number of halogens is 1. The number of hydrogen-bond acceptors (Lipinski definition) is 3. The Labute approximate surface area is 130 Å². The summed E-state index contributed by atoms with van der Waals surface area (Å²) in [6.07, 6.45) is 2.16. The highest BCUT2D eigenvalue weighted by atomic mass is 35.5. The quantitative estimate of drug-likeness (QED) is 0.796. The highest BCUT2D eigenvalue weighted by molar-refractivity contribution is 6.16. The molecule has 0 aliphatic carbocycles. The largest absolute Gasteiger partial charge is 0.312 e. The molecule has 0 N–H and O–H groups in total. The molecule has 3 rings (SSSR count). The van der Waals surface area contributed by atoms with Gasteiger partial charge in [-0.1, -0.05) is 13.8 Å². The topological polar surface area (TPSA) is 38.9 Å². The highest BCUT2D eigenvalue weighted by Gasteiger charge is 2.25. The average molecular weight is 310 g/mol. The lowest BCUT2D eigenvalue weighted by Crippen LogP contribution is -2.22. The normalized spacial score (nSPS) is 19.9. The van der Waals surface area contributed by atoms with E-state index >= 15 is 0 Å². The monoisotopic (exact) mass is 309 g/mol. The molecule has 1 aliphatic rings. The van der Waals surface area contributed by atoms with Crippen LogP contribution in [0.2, 0.25) is 0 Å². The van der Waals surface area contributed by atoms with Gasteiger partial charge in [-0.3, -0.25) is 4.68 Å². The summed E-state index contributed by atoms with van der Waals surface area (Å²) in [5.41, 5.74) is 3.22. The van der Waals surface area contributed by atoms with E-state index in [-0.39, 0.29) is 0 Å². The lowest BCUT2D eigenvalue weighted by atomic mass is 10.1. The average Bonchev–Trinajstić information content (AvgIpc) is 3.16. The van der Waals surface area contributed by atoms with Gasteiger partial charge in [-0.15, -0.1) is 11.6 Å². The van der Waals surface area contributed by atoms with E-state index in [2.05, 4.69) is 28.4 Å². The molecule has 1 unspecified atom stereocenters. The Morgan fingerprint density at radius 2 is 2.14 bits per heavy atom. The van der Waals surface area contributed by atoms with E-state index in [4.69, 9.17) is 16.6 Å². The number of alkyl halides is 1. The Morgan fingerprint density at radius 3 is 2.76 bits per heavy atom. The van der Waals surface area contributed by atoms with Crippen molar-refractivity contribution in [2.45, 2.75) is 39.1 Å². The molecule has 0 radical (unpaired) electrons. The van der Waals surface area contributed by atoms with Gasteiger partial charge < -0.3 is 9.47 Å². The summed E-state index contributed by atoms with van der Waals surface area (Å²) in [6.45, 7) is 8.88. The third-order valence-electron chi connectivity index (χ3n) is 4.58. The Kier molecular flexibility index (Phi) is 4.22. The van der Waals surface area contributed by atoms with E-state index < -0.39 is 0 Å². The fourth-order valence-corrected chi connectivity index (χ4v) is 3.63.